The zero-order valence-electron chi connectivity index (χ0n) is 16.4. The summed E-state index contributed by atoms with van der Waals surface area (Å²) in [4.78, 5) is 12.7. The maximum atomic E-state index is 12.7. The van der Waals surface area contributed by atoms with Gasteiger partial charge in [0, 0.05) is 25.6 Å². The number of nitrogens with one attached hydrogen (secondary N) is 1. The van der Waals surface area contributed by atoms with E-state index in [9.17, 15) is 4.79 Å². The smallest absolute Gasteiger partial charge is 0.272 e. The molecular weight excluding hydrogens is 372 g/mol. The predicted octanol–water partition coefficient (Wildman–Crippen LogP) is 2.07. The van der Waals surface area contributed by atoms with E-state index in [2.05, 4.69) is 23.4 Å². The number of amides is 1. The van der Waals surface area contributed by atoms with Crippen molar-refractivity contribution < 1.29 is 19.0 Å². The van der Waals surface area contributed by atoms with Gasteiger partial charge in [0.15, 0.2) is 5.69 Å². The molecule has 0 bridgehead atoms. The molecule has 1 N–H and O–H groups in total. The lowest BCUT2D eigenvalue weighted by Gasteiger charge is -2.25. The Labute approximate surface area is 169 Å². The van der Waals surface area contributed by atoms with E-state index in [1.54, 1.807) is 28.9 Å². The Morgan fingerprint density at radius 2 is 2.34 bits per heavy atom. The molecule has 2 atom stereocenters. The lowest BCUT2D eigenvalue weighted by atomic mass is 10.0. The van der Waals surface area contributed by atoms with Crippen LogP contribution in [-0.2, 0) is 17.7 Å². The highest BCUT2D eigenvalue weighted by molar-refractivity contribution is 5.92. The Kier molecular flexibility index (Phi) is 5.67. The van der Waals surface area contributed by atoms with Gasteiger partial charge in [0.2, 0.25) is 5.88 Å². The van der Waals surface area contributed by atoms with Gasteiger partial charge >= 0.3 is 0 Å². The van der Waals surface area contributed by atoms with Crippen molar-refractivity contribution in [3.63, 3.8) is 0 Å². The fourth-order valence-corrected chi connectivity index (χ4v) is 3.55. The Morgan fingerprint density at radius 1 is 1.45 bits per heavy atom. The molecule has 1 aromatic heterocycles. The van der Waals surface area contributed by atoms with Crippen molar-refractivity contribution in [1.82, 2.24) is 15.1 Å². The number of nitriles is 1. The molecule has 0 unspecified atom stereocenters. The highest BCUT2D eigenvalue weighted by Crippen LogP contribution is 2.26. The van der Waals surface area contributed by atoms with E-state index in [-0.39, 0.29) is 18.1 Å². The van der Waals surface area contributed by atoms with Crippen LogP contribution in [0.2, 0.25) is 0 Å². The molecule has 0 radical (unpaired) electrons. The second-order valence-electron chi connectivity index (χ2n) is 7.31. The van der Waals surface area contributed by atoms with Crippen LogP contribution in [0.25, 0.3) is 0 Å². The maximum Gasteiger partial charge on any atom is 0.272 e. The average Bonchev–Trinajstić information content (AvgIpc) is 3.17. The quantitative estimate of drug-likeness (QED) is 0.751. The average molecular weight is 396 g/mol. The first-order chi connectivity index (χ1) is 14.2. The second kappa shape index (κ2) is 8.53. The molecule has 0 spiro atoms. The van der Waals surface area contributed by atoms with Crippen LogP contribution in [0.15, 0.2) is 24.3 Å². The predicted molar refractivity (Wildman–Crippen MR) is 104 cm³/mol. The van der Waals surface area contributed by atoms with Crippen LogP contribution in [0.5, 0.6) is 11.6 Å². The lowest BCUT2D eigenvalue weighted by Crippen LogP contribution is -2.42. The first-order valence-corrected chi connectivity index (χ1v) is 9.95. The molecular formula is C21H24N4O4. The highest BCUT2D eigenvalue weighted by Gasteiger charge is 2.26. The molecule has 152 valence electrons. The molecule has 2 aliphatic rings. The van der Waals surface area contributed by atoms with E-state index in [0.717, 1.165) is 30.8 Å². The van der Waals surface area contributed by atoms with E-state index in [4.69, 9.17) is 19.5 Å². The molecule has 0 aliphatic carbocycles. The monoisotopic (exact) mass is 396 g/mol. The summed E-state index contributed by atoms with van der Waals surface area (Å²) < 4.78 is 18.9. The zero-order valence-corrected chi connectivity index (χ0v) is 16.4. The van der Waals surface area contributed by atoms with Crippen molar-refractivity contribution in [3.8, 4) is 17.7 Å². The van der Waals surface area contributed by atoms with Crippen molar-refractivity contribution in [2.24, 2.45) is 0 Å². The topological polar surface area (TPSA) is 98.4 Å². The van der Waals surface area contributed by atoms with Crippen molar-refractivity contribution in [2.75, 3.05) is 19.8 Å². The number of hydrogen-bond acceptors (Lipinski definition) is 6. The van der Waals surface area contributed by atoms with Crippen LogP contribution in [0.3, 0.4) is 0 Å². The summed E-state index contributed by atoms with van der Waals surface area (Å²) in [7, 11) is 0. The van der Waals surface area contributed by atoms with Gasteiger partial charge in [-0.25, -0.2) is 4.68 Å². The van der Waals surface area contributed by atoms with E-state index in [1.165, 1.54) is 0 Å². The van der Waals surface area contributed by atoms with Crippen LogP contribution >= 0.6 is 0 Å². The van der Waals surface area contributed by atoms with Gasteiger partial charge < -0.3 is 19.5 Å². The molecule has 2 aromatic rings. The third-order valence-corrected chi connectivity index (χ3v) is 5.01. The summed E-state index contributed by atoms with van der Waals surface area (Å²) >= 11 is 0. The summed E-state index contributed by atoms with van der Waals surface area (Å²) in [6.45, 7) is 4.41. The summed E-state index contributed by atoms with van der Waals surface area (Å²) in [5, 5.41) is 16.4. The lowest BCUT2D eigenvalue weighted by molar-refractivity contribution is 0.0262. The molecule has 1 amide bonds. The normalized spacial score (nSPS) is 19.9. The molecule has 8 heteroatoms. The van der Waals surface area contributed by atoms with Crippen molar-refractivity contribution in [3.05, 3.63) is 41.1 Å². The van der Waals surface area contributed by atoms with Crippen molar-refractivity contribution in [1.29, 1.82) is 5.26 Å². The molecule has 1 aromatic carbocycles. The Hall–Kier alpha value is -3.05. The Balaban J connectivity index is 1.37. The number of carbonyl (C=O) groups is 1. The first kappa shape index (κ1) is 19.3. The second-order valence-corrected chi connectivity index (χ2v) is 7.31. The van der Waals surface area contributed by atoms with E-state index in [0.29, 0.717) is 43.3 Å². The number of carbonyl (C=O) groups excluding carboxylic acids is 1. The van der Waals surface area contributed by atoms with E-state index < -0.39 is 0 Å². The number of nitrogens with zero attached hydrogens (tertiary/aromatic N) is 3. The van der Waals surface area contributed by atoms with Crippen LogP contribution in [-0.4, -0.2) is 47.7 Å². The van der Waals surface area contributed by atoms with Crippen LogP contribution in [0.1, 0.15) is 41.4 Å². The number of benzene rings is 1. The molecule has 0 fully saturated rings. The molecule has 2 aliphatic heterocycles. The summed E-state index contributed by atoms with van der Waals surface area (Å²) in [6, 6.07) is 8.95. The molecule has 8 nitrogen and oxygen atoms in total. The van der Waals surface area contributed by atoms with Gasteiger partial charge in [0.25, 0.3) is 5.91 Å². The Morgan fingerprint density at radius 3 is 3.17 bits per heavy atom. The standard InChI is InChI=1S/C21H24N4O4/c1-2-7-27-13-17-5-6-25-20(29-17)10-18(24-25)21(26)23-16-9-15-8-14(11-22)3-4-19(15)28-12-16/h3-4,8,10,16-17H,2,5-7,9,12-13H2,1H3,(H,23,26)/t16-,17-/m1/s1. The van der Waals surface area contributed by atoms with Gasteiger partial charge in [0.1, 0.15) is 18.5 Å². The molecule has 0 saturated carbocycles. The minimum Gasteiger partial charge on any atom is -0.491 e. The molecule has 29 heavy (non-hydrogen) atoms. The minimum atomic E-state index is -0.261. The SMILES string of the molecule is CCCOC[C@H]1CCn2nc(C(=O)N[C@H]3COc4ccc(C#N)cc4C3)cc2O1. The van der Waals surface area contributed by atoms with Gasteiger partial charge in [-0.1, -0.05) is 6.92 Å². The van der Waals surface area contributed by atoms with Gasteiger partial charge in [-0.2, -0.15) is 10.4 Å². The molecule has 0 saturated heterocycles. The molecule has 4 rings (SSSR count). The third kappa shape index (κ3) is 4.35. The van der Waals surface area contributed by atoms with E-state index >= 15 is 0 Å². The third-order valence-electron chi connectivity index (χ3n) is 5.01. The van der Waals surface area contributed by atoms with Crippen LogP contribution in [0.4, 0.5) is 0 Å². The first-order valence-electron chi connectivity index (χ1n) is 9.95. The number of fused-ring (bicyclic) bond motifs is 2. The number of ether oxygens (including phenoxy) is 3. The molecule has 3 heterocycles. The number of hydrogen-bond donors (Lipinski definition) is 1. The van der Waals surface area contributed by atoms with E-state index in [1.807, 2.05) is 0 Å². The zero-order chi connectivity index (χ0) is 20.2. The number of rotatable bonds is 6. The van der Waals surface area contributed by atoms with Gasteiger partial charge in [0.05, 0.1) is 24.3 Å². The Bertz CT molecular complexity index is 933. The van der Waals surface area contributed by atoms with Crippen LogP contribution < -0.4 is 14.8 Å². The number of aromatic nitrogens is 2. The fraction of sp³-hybridized carbons (Fsp3) is 0.476. The highest BCUT2D eigenvalue weighted by atomic mass is 16.5. The van der Waals surface area contributed by atoms with Gasteiger partial charge in [-0.15, -0.1) is 0 Å². The largest absolute Gasteiger partial charge is 0.491 e. The minimum absolute atomic E-state index is 0.0146. The van der Waals surface area contributed by atoms with Crippen LogP contribution in [0, 0.1) is 11.3 Å². The number of aryl methyl sites for hydroxylation is 1. The summed E-state index contributed by atoms with van der Waals surface area (Å²) in [5.41, 5.74) is 1.82. The maximum absolute atomic E-state index is 12.7. The van der Waals surface area contributed by atoms with Crippen molar-refractivity contribution >= 4 is 5.91 Å². The summed E-state index contributed by atoms with van der Waals surface area (Å²) in [5.74, 6) is 1.09. The van der Waals surface area contributed by atoms with Gasteiger partial charge in [-0.3, -0.25) is 4.79 Å². The fourth-order valence-electron chi connectivity index (χ4n) is 3.55. The summed E-state index contributed by atoms with van der Waals surface area (Å²) in [6.07, 6.45) is 2.37. The van der Waals surface area contributed by atoms with Crippen molar-refractivity contribution in [2.45, 2.75) is 44.9 Å². The van der Waals surface area contributed by atoms with Gasteiger partial charge in [-0.05, 0) is 36.6 Å².